The van der Waals surface area contributed by atoms with Gasteiger partial charge in [0, 0.05) is 32.7 Å². The van der Waals surface area contributed by atoms with E-state index in [-0.39, 0.29) is 35.6 Å². The van der Waals surface area contributed by atoms with Crippen molar-refractivity contribution in [3.63, 3.8) is 0 Å². The number of fused-ring (bicyclic) bond motifs is 2. The normalized spacial score (nSPS) is 13.7. The van der Waals surface area contributed by atoms with Crippen LogP contribution in [0.4, 0.5) is 0 Å². The number of primary amides is 1. The number of aliphatic hydroxyl groups excluding tert-OH is 2. The van der Waals surface area contributed by atoms with Crippen LogP contribution in [-0.4, -0.2) is 85.1 Å². The molecular formula is C36H43N11O6. The van der Waals surface area contributed by atoms with Crippen molar-refractivity contribution in [3.8, 4) is 5.75 Å². The number of carbonyl (C=O) groups is 3. The number of aromatic nitrogens is 8. The predicted octanol–water partition coefficient (Wildman–Crippen LogP) is 1.33. The van der Waals surface area contributed by atoms with Gasteiger partial charge in [-0.3, -0.25) is 23.7 Å². The maximum absolute atomic E-state index is 13.6. The topological polar surface area (TPSA) is 207 Å². The first kappa shape index (κ1) is 36.7. The van der Waals surface area contributed by atoms with E-state index in [1.165, 1.54) is 7.11 Å². The van der Waals surface area contributed by atoms with Gasteiger partial charge >= 0.3 is 0 Å². The maximum Gasteiger partial charge on any atom is 0.298 e. The molecule has 4 aromatic heterocycles. The molecule has 278 valence electrons. The maximum atomic E-state index is 13.6. The van der Waals surface area contributed by atoms with Crippen LogP contribution in [0.25, 0.3) is 22.1 Å². The van der Waals surface area contributed by atoms with Gasteiger partial charge in [-0.2, -0.15) is 20.2 Å². The highest BCUT2D eigenvalue weighted by molar-refractivity contribution is 5.97. The molecule has 2 unspecified atom stereocenters. The lowest BCUT2D eigenvalue weighted by atomic mass is 10.1. The molecule has 3 amide bonds. The first-order chi connectivity index (χ1) is 25.3. The van der Waals surface area contributed by atoms with E-state index in [0.29, 0.717) is 58.0 Å². The third kappa shape index (κ3) is 6.71. The number of ether oxygens (including phenoxy) is 1. The van der Waals surface area contributed by atoms with Crippen molar-refractivity contribution in [1.82, 2.24) is 37.8 Å². The second kappa shape index (κ2) is 14.5. The minimum absolute atomic E-state index is 0.156. The van der Waals surface area contributed by atoms with E-state index in [0.717, 1.165) is 0 Å². The molecule has 0 saturated carbocycles. The molecule has 4 N–H and O–H groups in total. The molecule has 0 aliphatic carbocycles. The molecule has 17 heteroatoms. The van der Waals surface area contributed by atoms with Crippen LogP contribution in [-0.2, 0) is 40.3 Å². The molecule has 0 bridgehead atoms. The number of methoxy groups -OCH3 is 1. The van der Waals surface area contributed by atoms with E-state index in [4.69, 9.17) is 10.5 Å². The Balaban J connectivity index is 1.44. The van der Waals surface area contributed by atoms with E-state index in [1.807, 2.05) is 19.9 Å². The Bertz CT molecular complexity index is 2540. The summed E-state index contributed by atoms with van der Waals surface area (Å²) in [7, 11) is 4.94. The molecule has 2 atom stereocenters. The Morgan fingerprint density at radius 3 is 1.83 bits per heavy atom. The first-order valence-corrected chi connectivity index (χ1v) is 17.1. The number of hydrogen-bond acceptors (Lipinski definition) is 8. The molecule has 0 radical (unpaired) electrons. The van der Waals surface area contributed by atoms with Crippen LogP contribution in [0.5, 0.6) is 5.75 Å². The fourth-order valence-electron chi connectivity index (χ4n) is 6.63. The summed E-state index contributed by atoms with van der Waals surface area (Å²) in [6.45, 7) is 7.82. The van der Waals surface area contributed by atoms with Crippen LogP contribution < -0.4 is 21.7 Å². The molecule has 6 aromatic rings. The highest BCUT2D eigenvalue weighted by atomic mass is 16.5. The second-order valence-electron chi connectivity index (χ2n) is 12.8. The second-order valence-corrected chi connectivity index (χ2v) is 12.8. The zero-order valence-electron chi connectivity index (χ0n) is 30.7. The van der Waals surface area contributed by atoms with Crippen LogP contribution in [0.1, 0.15) is 56.6 Å². The lowest BCUT2D eigenvalue weighted by Crippen LogP contribution is -2.40. The van der Waals surface area contributed by atoms with E-state index in [1.54, 1.807) is 98.0 Å². The van der Waals surface area contributed by atoms with Crippen molar-refractivity contribution < 1.29 is 29.3 Å². The number of para-hydroxylation sites is 1. The van der Waals surface area contributed by atoms with E-state index in [9.17, 15) is 24.6 Å². The average molecular weight is 726 g/mol. The predicted molar refractivity (Wildman–Crippen MR) is 194 cm³/mol. The van der Waals surface area contributed by atoms with Gasteiger partial charge in [0.25, 0.3) is 11.8 Å². The number of hydrogen-bond donors (Lipinski definition) is 3. The Morgan fingerprint density at radius 2 is 1.30 bits per heavy atom. The van der Waals surface area contributed by atoms with E-state index >= 15 is 0 Å². The van der Waals surface area contributed by atoms with Gasteiger partial charge < -0.3 is 39.0 Å². The average Bonchev–Trinajstić information content (AvgIpc) is 3.86. The van der Waals surface area contributed by atoms with Gasteiger partial charge in [0.1, 0.15) is 22.7 Å². The Morgan fingerprint density at radius 1 is 0.774 bits per heavy atom. The Kier molecular flexibility index (Phi) is 10.1. The Labute approximate surface area is 303 Å². The number of carbonyl (C=O) groups excluding carboxylic acids is 3. The molecule has 0 spiro atoms. The van der Waals surface area contributed by atoms with Crippen LogP contribution >= 0.6 is 0 Å². The summed E-state index contributed by atoms with van der Waals surface area (Å²) in [5, 5.41) is 32.1. The van der Waals surface area contributed by atoms with Crippen LogP contribution in [0.3, 0.4) is 0 Å². The molecule has 2 aromatic carbocycles. The third-order valence-electron chi connectivity index (χ3n) is 9.25. The number of rotatable bonds is 11. The molecule has 0 fully saturated rings. The number of imidazole rings is 2. The summed E-state index contributed by atoms with van der Waals surface area (Å²) in [5.74, 6) is -1.26. The zero-order chi connectivity index (χ0) is 38.3. The zero-order valence-corrected chi connectivity index (χ0v) is 30.7. The van der Waals surface area contributed by atoms with Crippen LogP contribution in [0, 0.1) is 13.8 Å². The van der Waals surface area contributed by atoms with Crippen molar-refractivity contribution in [1.29, 1.82) is 0 Å². The minimum Gasteiger partial charge on any atom is -0.494 e. The van der Waals surface area contributed by atoms with Gasteiger partial charge in [0.2, 0.25) is 17.1 Å². The molecule has 0 saturated heterocycles. The van der Waals surface area contributed by atoms with Gasteiger partial charge in [-0.25, -0.2) is 0 Å². The quantitative estimate of drug-likeness (QED) is 0.177. The van der Waals surface area contributed by atoms with Crippen molar-refractivity contribution in [2.45, 2.75) is 66.1 Å². The molecular weight excluding hydrogens is 682 g/mol. The van der Waals surface area contributed by atoms with E-state index < -0.39 is 29.9 Å². The first-order valence-electron chi connectivity index (χ1n) is 17.1. The van der Waals surface area contributed by atoms with E-state index in [2.05, 4.69) is 20.2 Å². The van der Waals surface area contributed by atoms with Gasteiger partial charge in [0.05, 0.1) is 60.3 Å². The number of benzene rings is 2. The summed E-state index contributed by atoms with van der Waals surface area (Å²) >= 11 is 0. The smallest absolute Gasteiger partial charge is 0.298 e. The molecule has 4 heterocycles. The fraction of sp³-hybridized carbons (Fsp3) is 0.361. The largest absolute Gasteiger partial charge is 0.494 e. The monoisotopic (exact) mass is 725 g/mol. The molecule has 53 heavy (non-hydrogen) atoms. The summed E-state index contributed by atoms with van der Waals surface area (Å²) < 4.78 is 15.4. The molecule has 0 aliphatic heterocycles. The van der Waals surface area contributed by atoms with Crippen LogP contribution in [0.15, 0.2) is 58.5 Å². The van der Waals surface area contributed by atoms with Gasteiger partial charge in [-0.1, -0.05) is 6.07 Å². The highest BCUT2D eigenvalue weighted by Crippen LogP contribution is 2.25. The summed E-state index contributed by atoms with van der Waals surface area (Å²) in [5.41, 5.74) is 10.4. The highest BCUT2D eigenvalue weighted by Gasteiger charge is 2.25. The summed E-state index contributed by atoms with van der Waals surface area (Å²) in [4.78, 5) is 48.2. The standard InChI is InChI=1S/C36H43N11O6/c1-8-46-26(15-20(3)40-46)33(51)38-35-43(6)25-17-22(32(37)50)13-14-23(25)44(35)18-28(48)29(49)19-45-31-24(11-10-12-30(31)53-7)42(5)36(45)39-34(52)27-16-21(4)41-47(27)9-2/h10-17,28-29,48-49H,8-9,18-19H2,1-7H3,(H2,37,50)/b38-35+,39-36+. The number of aliphatic hydroxyl groups is 2. The number of amides is 3. The number of nitrogens with two attached hydrogens (primary N) is 1. The minimum atomic E-state index is -1.43. The van der Waals surface area contributed by atoms with Gasteiger partial charge in [0.15, 0.2) is 0 Å². The summed E-state index contributed by atoms with van der Waals surface area (Å²) in [6, 6.07) is 13.5. The lowest BCUT2D eigenvalue weighted by Gasteiger charge is -2.20. The van der Waals surface area contributed by atoms with Gasteiger partial charge in [-0.15, -0.1) is 0 Å². The van der Waals surface area contributed by atoms with Crippen molar-refractivity contribution >= 4 is 39.8 Å². The lowest BCUT2D eigenvalue weighted by molar-refractivity contribution is -0.000192. The van der Waals surface area contributed by atoms with Crippen LogP contribution in [0.2, 0.25) is 0 Å². The number of aryl methyl sites for hydroxylation is 6. The van der Waals surface area contributed by atoms with Crippen molar-refractivity contribution in [2.75, 3.05) is 7.11 Å². The molecule has 0 aliphatic rings. The summed E-state index contributed by atoms with van der Waals surface area (Å²) in [6.07, 6.45) is -2.86. The van der Waals surface area contributed by atoms with Gasteiger partial charge in [-0.05, 0) is 70.2 Å². The Hall–Kier alpha value is -6.07. The SMILES string of the molecule is CCn1nc(C)cc1C(=O)/N=c1\n(C)c2cc(C(N)=O)ccc2n1CC(O)C(O)Cn1/c(=N/C(=O)c2cc(C)nn2CC)n(C)c2cccc(OC)c21. The number of nitrogens with zero attached hydrogens (tertiary/aromatic N) is 10. The third-order valence-corrected chi connectivity index (χ3v) is 9.25. The molecule has 6 rings (SSSR count). The van der Waals surface area contributed by atoms with Crippen molar-refractivity contribution in [3.05, 3.63) is 88.1 Å². The van der Waals surface area contributed by atoms with Crippen molar-refractivity contribution in [2.24, 2.45) is 29.8 Å². The fourth-order valence-corrected chi connectivity index (χ4v) is 6.63. The molecule has 17 nitrogen and oxygen atoms in total.